The predicted octanol–water partition coefficient (Wildman–Crippen LogP) is 3.36. The van der Waals surface area contributed by atoms with Crippen LogP contribution in [0.2, 0.25) is 0 Å². The maximum absolute atomic E-state index is 12.9. The Hall–Kier alpha value is -2.27. The summed E-state index contributed by atoms with van der Waals surface area (Å²) >= 11 is 0. The van der Waals surface area contributed by atoms with Gasteiger partial charge in [0.25, 0.3) is 0 Å². The van der Waals surface area contributed by atoms with Crippen molar-refractivity contribution >= 4 is 5.78 Å². The molecular weight excluding hydrogens is 316 g/mol. The molecule has 0 aliphatic carbocycles. The molecule has 0 aliphatic rings. The number of benzene rings is 2. The van der Waals surface area contributed by atoms with E-state index in [1.807, 2.05) is 24.3 Å². The fourth-order valence-corrected chi connectivity index (χ4v) is 3.05. The number of methoxy groups -OCH3 is 2. The molecule has 3 unspecified atom stereocenters. The highest BCUT2D eigenvalue weighted by atomic mass is 16.5. The van der Waals surface area contributed by atoms with E-state index in [4.69, 9.17) is 9.47 Å². The summed E-state index contributed by atoms with van der Waals surface area (Å²) in [6, 6.07) is 18.0. The number of aliphatic hydroxyl groups is 1. The van der Waals surface area contributed by atoms with Crippen LogP contribution in [0.3, 0.4) is 0 Å². The van der Waals surface area contributed by atoms with Crippen molar-refractivity contribution in [1.29, 1.82) is 0 Å². The molecule has 0 aromatic heterocycles. The zero-order chi connectivity index (χ0) is 18.3. The van der Waals surface area contributed by atoms with Gasteiger partial charge in [-0.15, -0.1) is 6.58 Å². The second-order valence-corrected chi connectivity index (χ2v) is 5.83. The lowest BCUT2D eigenvalue weighted by molar-refractivity contribution is -0.141. The van der Waals surface area contributed by atoms with E-state index in [1.54, 1.807) is 42.5 Å². The SMILES string of the molecule is C=CCC(O)(c1ccccc1)C(OC)C(OC)C(=O)c1ccccc1. The molecule has 1 N–H and O–H groups in total. The zero-order valence-corrected chi connectivity index (χ0v) is 14.6. The average molecular weight is 340 g/mol. The van der Waals surface area contributed by atoms with Gasteiger partial charge in [-0.1, -0.05) is 66.7 Å². The van der Waals surface area contributed by atoms with Crippen LogP contribution in [0.25, 0.3) is 0 Å². The molecule has 2 aromatic carbocycles. The molecule has 0 spiro atoms. The summed E-state index contributed by atoms with van der Waals surface area (Å²) in [7, 11) is 2.91. The Morgan fingerprint density at radius 1 is 1.08 bits per heavy atom. The van der Waals surface area contributed by atoms with Gasteiger partial charge >= 0.3 is 0 Å². The normalized spacial score (nSPS) is 15.8. The van der Waals surface area contributed by atoms with Crippen molar-refractivity contribution in [2.45, 2.75) is 24.2 Å². The quantitative estimate of drug-likeness (QED) is 0.562. The van der Waals surface area contributed by atoms with Crippen molar-refractivity contribution in [2.24, 2.45) is 0 Å². The van der Waals surface area contributed by atoms with E-state index >= 15 is 0 Å². The van der Waals surface area contributed by atoms with E-state index in [0.29, 0.717) is 11.1 Å². The van der Waals surface area contributed by atoms with Gasteiger partial charge in [-0.2, -0.15) is 0 Å². The number of carbonyl (C=O) groups is 1. The van der Waals surface area contributed by atoms with Crippen LogP contribution < -0.4 is 0 Å². The molecule has 132 valence electrons. The number of ketones is 1. The number of carbonyl (C=O) groups excluding carboxylic acids is 1. The van der Waals surface area contributed by atoms with E-state index in [9.17, 15) is 9.90 Å². The van der Waals surface area contributed by atoms with Gasteiger partial charge in [0.05, 0.1) is 0 Å². The number of Topliss-reactive ketones (excluding diaryl/α,β-unsaturated/α-hetero) is 1. The first-order valence-corrected chi connectivity index (χ1v) is 8.12. The summed E-state index contributed by atoms with van der Waals surface area (Å²) in [6.45, 7) is 3.73. The van der Waals surface area contributed by atoms with Gasteiger partial charge in [0.15, 0.2) is 5.78 Å². The van der Waals surface area contributed by atoms with Gasteiger partial charge in [0.2, 0.25) is 0 Å². The highest BCUT2D eigenvalue weighted by Crippen LogP contribution is 2.34. The topological polar surface area (TPSA) is 55.8 Å². The second kappa shape index (κ2) is 8.72. The molecule has 3 atom stereocenters. The first-order valence-electron chi connectivity index (χ1n) is 8.12. The Kier molecular flexibility index (Phi) is 6.65. The van der Waals surface area contributed by atoms with Gasteiger partial charge in [-0.3, -0.25) is 4.79 Å². The largest absolute Gasteiger partial charge is 0.382 e. The first kappa shape index (κ1) is 19.1. The van der Waals surface area contributed by atoms with Crippen LogP contribution in [0.1, 0.15) is 22.3 Å². The van der Waals surface area contributed by atoms with Gasteiger partial charge in [-0.05, 0) is 5.56 Å². The third kappa shape index (κ3) is 4.04. The third-order valence-corrected chi connectivity index (χ3v) is 4.30. The zero-order valence-electron chi connectivity index (χ0n) is 14.6. The van der Waals surface area contributed by atoms with Gasteiger partial charge < -0.3 is 14.6 Å². The molecule has 4 nitrogen and oxygen atoms in total. The maximum atomic E-state index is 12.9. The molecule has 2 aromatic rings. The minimum Gasteiger partial charge on any atom is -0.382 e. The Morgan fingerprint density at radius 3 is 2.12 bits per heavy atom. The molecule has 0 fully saturated rings. The van der Waals surface area contributed by atoms with E-state index in [-0.39, 0.29) is 12.2 Å². The summed E-state index contributed by atoms with van der Waals surface area (Å²) in [5.41, 5.74) is -0.293. The lowest BCUT2D eigenvalue weighted by atomic mass is 9.80. The average Bonchev–Trinajstić information content (AvgIpc) is 2.67. The molecule has 0 heterocycles. The lowest BCUT2D eigenvalue weighted by Crippen LogP contribution is -2.51. The fourth-order valence-electron chi connectivity index (χ4n) is 3.05. The predicted molar refractivity (Wildman–Crippen MR) is 97.5 cm³/mol. The van der Waals surface area contributed by atoms with Crippen molar-refractivity contribution in [3.8, 4) is 0 Å². The summed E-state index contributed by atoms with van der Waals surface area (Å²) in [4.78, 5) is 12.9. The Bertz CT molecular complexity index is 684. The Morgan fingerprint density at radius 2 is 1.64 bits per heavy atom. The van der Waals surface area contributed by atoms with E-state index in [0.717, 1.165) is 0 Å². The molecular formula is C21H24O4. The minimum atomic E-state index is -1.44. The van der Waals surface area contributed by atoms with E-state index in [1.165, 1.54) is 14.2 Å². The summed E-state index contributed by atoms with van der Waals surface area (Å²) in [5, 5.41) is 11.4. The molecule has 2 rings (SSSR count). The van der Waals surface area contributed by atoms with Crippen LogP contribution in [0, 0.1) is 0 Å². The number of hydrogen-bond acceptors (Lipinski definition) is 4. The summed E-state index contributed by atoms with van der Waals surface area (Å²) in [6.07, 6.45) is -0.0286. The van der Waals surface area contributed by atoms with Crippen LogP contribution in [0.15, 0.2) is 73.3 Å². The van der Waals surface area contributed by atoms with Crippen molar-refractivity contribution in [3.05, 3.63) is 84.4 Å². The Labute approximate surface area is 148 Å². The van der Waals surface area contributed by atoms with Crippen LogP contribution in [-0.4, -0.2) is 37.3 Å². The second-order valence-electron chi connectivity index (χ2n) is 5.83. The monoisotopic (exact) mass is 340 g/mol. The smallest absolute Gasteiger partial charge is 0.194 e. The van der Waals surface area contributed by atoms with Crippen LogP contribution in [0.5, 0.6) is 0 Å². The third-order valence-electron chi connectivity index (χ3n) is 4.30. The van der Waals surface area contributed by atoms with Gasteiger partial charge in [0, 0.05) is 26.2 Å². The lowest BCUT2D eigenvalue weighted by Gasteiger charge is -2.38. The fraction of sp³-hybridized carbons (Fsp3) is 0.286. The first-order chi connectivity index (χ1) is 12.1. The molecule has 4 heteroatoms. The number of hydrogen-bond donors (Lipinski definition) is 1. The van der Waals surface area contributed by atoms with Gasteiger partial charge in [0.1, 0.15) is 17.8 Å². The van der Waals surface area contributed by atoms with Crippen LogP contribution in [-0.2, 0) is 15.1 Å². The summed E-state index contributed by atoms with van der Waals surface area (Å²) < 4.78 is 11.0. The standard InChI is InChI=1S/C21H24O4/c1-4-15-21(23,17-13-9-6-10-14-17)20(25-3)19(24-2)18(22)16-11-7-5-8-12-16/h4-14,19-20,23H,1,15H2,2-3H3. The van der Waals surface area contributed by atoms with Crippen LogP contribution in [0.4, 0.5) is 0 Å². The van der Waals surface area contributed by atoms with Gasteiger partial charge in [-0.25, -0.2) is 0 Å². The molecule has 0 saturated carbocycles. The molecule has 25 heavy (non-hydrogen) atoms. The van der Waals surface area contributed by atoms with E-state index < -0.39 is 17.8 Å². The molecule has 0 aliphatic heterocycles. The molecule has 0 radical (unpaired) electrons. The van der Waals surface area contributed by atoms with Crippen molar-refractivity contribution in [3.63, 3.8) is 0 Å². The number of rotatable bonds is 9. The maximum Gasteiger partial charge on any atom is 0.194 e. The molecule has 0 saturated heterocycles. The molecule has 0 amide bonds. The van der Waals surface area contributed by atoms with E-state index in [2.05, 4.69) is 6.58 Å². The Balaban J connectivity index is 2.45. The highest BCUT2D eigenvalue weighted by Gasteiger charge is 2.45. The van der Waals surface area contributed by atoms with Crippen molar-refractivity contribution in [2.75, 3.05) is 14.2 Å². The molecule has 0 bridgehead atoms. The van der Waals surface area contributed by atoms with Crippen molar-refractivity contribution in [1.82, 2.24) is 0 Å². The minimum absolute atomic E-state index is 0.220. The highest BCUT2D eigenvalue weighted by molar-refractivity contribution is 6.00. The van der Waals surface area contributed by atoms with Crippen LogP contribution >= 0.6 is 0 Å². The van der Waals surface area contributed by atoms with Crippen molar-refractivity contribution < 1.29 is 19.4 Å². The number of ether oxygens (including phenoxy) is 2. The summed E-state index contributed by atoms with van der Waals surface area (Å²) in [5.74, 6) is -0.242.